The molecule has 0 radical (unpaired) electrons. The van der Waals surface area contributed by atoms with Crippen LogP contribution in [0.2, 0.25) is 0 Å². The summed E-state index contributed by atoms with van der Waals surface area (Å²) in [7, 11) is 1.92. The third-order valence-corrected chi connectivity index (χ3v) is 6.75. The lowest BCUT2D eigenvalue weighted by molar-refractivity contribution is -0.155. The fourth-order valence-electron chi connectivity index (χ4n) is 5.44. The molecule has 114 valence electrons. The summed E-state index contributed by atoms with van der Waals surface area (Å²) in [4.78, 5) is 19.2. The van der Waals surface area contributed by atoms with Crippen molar-refractivity contribution in [1.82, 2.24) is 9.88 Å². The highest BCUT2D eigenvalue weighted by Crippen LogP contribution is 2.64. The number of alkyl halides is 1. The monoisotopic (exact) mass is 324 g/mol. The van der Waals surface area contributed by atoms with Crippen LogP contribution in [0.1, 0.15) is 44.2 Å². The van der Waals surface area contributed by atoms with E-state index >= 15 is 0 Å². The van der Waals surface area contributed by atoms with Crippen molar-refractivity contribution in [3.8, 4) is 0 Å². The first-order chi connectivity index (χ1) is 9.98. The van der Waals surface area contributed by atoms with Gasteiger partial charge in [-0.15, -0.1) is 22.9 Å². The number of hydrogen-bond acceptors (Lipinski definition) is 3. The van der Waals surface area contributed by atoms with E-state index in [0.29, 0.717) is 24.3 Å². The van der Waals surface area contributed by atoms with Crippen LogP contribution >= 0.6 is 22.9 Å². The number of hydrogen-bond donors (Lipinski definition) is 0. The van der Waals surface area contributed by atoms with E-state index < -0.39 is 0 Å². The summed E-state index contributed by atoms with van der Waals surface area (Å²) < 4.78 is 0. The highest BCUT2D eigenvalue weighted by atomic mass is 35.5. The maximum Gasteiger partial charge on any atom is 0.228 e. The molecule has 0 aromatic carbocycles. The van der Waals surface area contributed by atoms with Crippen molar-refractivity contribution in [1.29, 1.82) is 0 Å². The Hall–Kier alpha value is -0.610. The Morgan fingerprint density at radius 1 is 1.43 bits per heavy atom. The van der Waals surface area contributed by atoms with Crippen molar-refractivity contribution in [2.45, 2.75) is 49.9 Å². The Kier molecular flexibility index (Phi) is 3.13. The van der Waals surface area contributed by atoms with Gasteiger partial charge in [0.05, 0.1) is 23.2 Å². The van der Waals surface area contributed by atoms with Gasteiger partial charge in [-0.1, -0.05) is 0 Å². The molecule has 0 saturated heterocycles. The van der Waals surface area contributed by atoms with Crippen molar-refractivity contribution in [3.63, 3.8) is 0 Å². The van der Waals surface area contributed by atoms with Crippen LogP contribution in [0.15, 0.2) is 10.9 Å². The predicted molar refractivity (Wildman–Crippen MR) is 84.3 cm³/mol. The standard InChI is InChI=1S/C16H21ClN2OS/c1-19(7-13-8-21-10-18-13)14(20)15-3-11-2-12(4-15)6-16(17,5-11)9-15/h8,10-12H,2-7,9H2,1H3/t11-,12-,15?,16?/m1/s1. The number of aromatic nitrogens is 1. The molecule has 5 heteroatoms. The van der Waals surface area contributed by atoms with E-state index in [0.717, 1.165) is 37.8 Å². The molecule has 0 unspecified atom stereocenters. The lowest BCUT2D eigenvalue weighted by atomic mass is 9.49. The molecule has 4 fully saturated rings. The minimum absolute atomic E-state index is 0.0960. The minimum Gasteiger partial charge on any atom is -0.339 e. The maximum absolute atomic E-state index is 13.1. The molecular formula is C16H21ClN2OS. The Balaban J connectivity index is 1.56. The van der Waals surface area contributed by atoms with Crippen LogP contribution in [-0.2, 0) is 11.3 Å². The van der Waals surface area contributed by atoms with Gasteiger partial charge in [-0.05, 0) is 50.4 Å². The predicted octanol–water partition coefficient (Wildman–Crippen LogP) is 3.68. The molecule has 4 aliphatic rings. The molecule has 5 rings (SSSR count). The Bertz CT molecular complexity index is 545. The molecule has 3 nitrogen and oxygen atoms in total. The van der Waals surface area contributed by atoms with E-state index in [1.165, 1.54) is 6.42 Å². The van der Waals surface area contributed by atoms with Gasteiger partial charge < -0.3 is 4.90 Å². The summed E-state index contributed by atoms with van der Waals surface area (Å²) in [5, 5.41) is 2.02. The average molecular weight is 325 g/mol. The van der Waals surface area contributed by atoms with Gasteiger partial charge in [0.2, 0.25) is 5.91 Å². The zero-order valence-electron chi connectivity index (χ0n) is 12.3. The summed E-state index contributed by atoms with van der Waals surface area (Å²) in [6.45, 7) is 0.620. The number of carbonyl (C=O) groups is 1. The van der Waals surface area contributed by atoms with Crippen LogP contribution < -0.4 is 0 Å². The number of halogens is 1. The zero-order valence-corrected chi connectivity index (χ0v) is 13.9. The number of rotatable bonds is 3. The summed E-state index contributed by atoms with van der Waals surface area (Å²) in [5.41, 5.74) is 2.63. The van der Waals surface area contributed by atoms with Gasteiger partial charge in [-0.3, -0.25) is 4.79 Å². The van der Waals surface area contributed by atoms with Crippen molar-refractivity contribution >= 4 is 28.8 Å². The fraction of sp³-hybridized carbons (Fsp3) is 0.750. The number of thiazole rings is 1. The van der Waals surface area contributed by atoms with Gasteiger partial charge in [-0.2, -0.15) is 0 Å². The van der Waals surface area contributed by atoms with E-state index in [2.05, 4.69) is 4.98 Å². The first-order valence-corrected chi connectivity index (χ1v) is 9.12. The van der Waals surface area contributed by atoms with Crippen LogP contribution in [0.4, 0.5) is 0 Å². The second-order valence-electron chi connectivity index (χ2n) is 7.53. The molecule has 1 amide bonds. The van der Waals surface area contributed by atoms with Crippen LogP contribution in [0.3, 0.4) is 0 Å². The molecule has 21 heavy (non-hydrogen) atoms. The topological polar surface area (TPSA) is 33.2 Å². The maximum atomic E-state index is 13.1. The SMILES string of the molecule is CN(Cc1cscn1)C(=O)C12C[C@H]3C[C@@H](CC(Cl)(C3)C1)C2. The minimum atomic E-state index is -0.184. The number of nitrogens with zero attached hydrogens (tertiary/aromatic N) is 2. The molecule has 2 atom stereocenters. The van der Waals surface area contributed by atoms with Crippen LogP contribution in [-0.4, -0.2) is 27.7 Å². The zero-order chi connectivity index (χ0) is 14.7. The lowest BCUT2D eigenvalue weighted by Crippen LogP contribution is -2.58. The molecule has 0 N–H and O–H groups in total. The van der Waals surface area contributed by atoms with E-state index in [4.69, 9.17) is 11.6 Å². The second-order valence-corrected chi connectivity index (χ2v) is 9.05. The molecule has 0 aliphatic heterocycles. The van der Waals surface area contributed by atoms with Crippen molar-refractivity contribution in [2.75, 3.05) is 7.05 Å². The summed E-state index contributed by atoms with van der Waals surface area (Å²) in [6, 6.07) is 0. The molecule has 1 aromatic heterocycles. The quantitative estimate of drug-likeness (QED) is 0.795. The van der Waals surface area contributed by atoms with Gasteiger partial charge in [0, 0.05) is 17.3 Å². The molecule has 4 saturated carbocycles. The fourth-order valence-corrected chi connectivity index (χ4v) is 6.68. The van der Waals surface area contributed by atoms with Gasteiger partial charge >= 0.3 is 0 Å². The van der Waals surface area contributed by atoms with Crippen molar-refractivity contribution in [3.05, 3.63) is 16.6 Å². The first kappa shape index (κ1) is 14.0. The smallest absolute Gasteiger partial charge is 0.228 e. The Morgan fingerprint density at radius 3 is 2.71 bits per heavy atom. The molecule has 4 bridgehead atoms. The van der Waals surface area contributed by atoms with Crippen molar-refractivity contribution < 1.29 is 4.79 Å². The second kappa shape index (κ2) is 4.69. The van der Waals surface area contributed by atoms with Gasteiger partial charge in [0.1, 0.15) is 0 Å². The third-order valence-electron chi connectivity index (χ3n) is 5.67. The van der Waals surface area contributed by atoms with E-state index in [1.807, 2.05) is 22.8 Å². The summed E-state index contributed by atoms with van der Waals surface area (Å²) in [5.74, 6) is 1.63. The van der Waals surface area contributed by atoms with Crippen LogP contribution in [0.25, 0.3) is 0 Å². The average Bonchev–Trinajstić information content (AvgIpc) is 2.87. The third kappa shape index (κ3) is 2.31. The Morgan fingerprint density at radius 2 is 2.14 bits per heavy atom. The molecule has 4 aliphatic carbocycles. The van der Waals surface area contributed by atoms with Gasteiger partial charge in [0.25, 0.3) is 0 Å². The molecular weight excluding hydrogens is 304 g/mol. The molecule has 1 aromatic rings. The van der Waals surface area contributed by atoms with E-state index in [9.17, 15) is 4.79 Å². The van der Waals surface area contributed by atoms with Gasteiger partial charge in [-0.25, -0.2) is 4.98 Å². The van der Waals surface area contributed by atoms with Crippen LogP contribution in [0, 0.1) is 17.3 Å². The van der Waals surface area contributed by atoms with Crippen LogP contribution in [0.5, 0.6) is 0 Å². The largest absolute Gasteiger partial charge is 0.339 e. The molecule has 1 heterocycles. The number of amides is 1. The van der Waals surface area contributed by atoms with Crippen molar-refractivity contribution in [2.24, 2.45) is 17.3 Å². The number of carbonyl (C=O) groups excluding carboxylic acids is 1. The first-order valence-electron chi connectivity index (χ1n) is 7.80. The lowest BCUT2D eigenvalue weighted by Gasteiger charge is -2.59. The normalized spacial score (nSPS) is 40.5. The highest BCUT2D eigenvalue weighted by Gasteiger charge is 2.60. The Labute approximate surface area is 134 Å². The molecule has 0 spiro atoms. The van der Waals surface area contributed by atoms with E-state index in [1.54, 1.807) is 11.3 Å². The summed E-state index contributed by atoms with van der Waals surface area (Å²) >= 11 is 8.41. The van der Waals surface area contributed by atoms with E-state index in [-0.39, 0.29) is 10.3 Å². The van der Waals surface area contributed by atoms with Gasteiger partial charge in [0.15, 0.2) is 0 Å². The highest BCUT2D eigenvalue weighted by molar-refractivity contribution is 7.07. The summed E-state index contributed by atoms with van der Waals surface area (Å²) in [6.07, 6.45) is 6.52.